The molecule has 5 nitrogen and oxygen atoms in total. The summed E-state index contributed by atoms with van der Waals surface area (Å²) in [6.07, 6.45) is 1.75. The summed E-state index contributed by atoms with van der Waals surface area (Å²) in [7, 11) is 0. The Kier molecular flexibility index (Phi) is 2.59. The van der Waals surface area contributed by atoms with Crippen molar-refractivity contribution >= 4 is 17.4 Å². The summed E-state index contributed by atoms with van der Waals surface area (Å²) in [5, 5.41) is 8.72. The SMILES string of the molecule is Cc1cnc(Sc2nnc(C)o2)c(N)c1. The van der Waals surface area contributed by atoms with Gasteiger partial charge in [-0.2, -0.15) is 0 Å². The number of nitrogens with zero attached hydrogens (tertiary/aromatic N) is 3. The highest BCUT2D eigenvalue weighted by Gasteiger charge is 2.08. The van der Waals surface area contributed by atoms with E-state index in [4.69, 9.17) is 10.2 Å². The molecule has 0 aliphatic heterocycles. The van der Waals surface area contributed by atoms with E-state index < -0.39 is 0 Å². The fourth-order valence-electron chi connectivity index (χ4n) is 1.07. The molecule has 0 spiro atoms. The van der Waals surface area contributed by atoms with E-state index in [9.17, 15) is 0 Å². The smallest absolute Gasteiger partial charge is 0.283 e. The minimum atomic E-state index is 0.454. The first-order valence-corrected chi connectivity index (χ1v) is 5.17. The highest BCUT2D eigenvalue weighted by Crippen LogP contribution is 2.29. The van der Waals surface area contributed by atoms with E-state index in [0.717, 1.165) is 5.56 Å². The zero-order chi connectivity index (χ0) is 10.8. The Balaban J connectivity index is 2.24. The zero-order valence-electron chi connectivity index (χ0n) is 8.39. The molecule has 0 fully saturated rings. The normalized spacial score (nSPS) is 10.5. The molecule has 2 aromatic rings. The highest BCUT2D eigenvalue weighted by molar-refractivity contribution is 7.99. The molecule has 2 N–H and O–H groups in total. The third-order valence-corrected chi connectivity index (χ3v) is 2.58. The molecule has 6 heteroatoms. The molecule has 78 valence electrons. The molecule has 0 radical (unpaired) electrons. The van der Waals surface area contributed by atoms with Crippen LogP contribution in [0, 0.1) is 13.8 Å². The maximum absolute atomic E-state index is 5.80. The van der Waals surface area contributed by atoms with Crippen molar-refractivity contribution in [1.29, 1.82) is 0 Å². The van der Waals surface area contributed by atoms with Crippen LogP contribution in [-0.4, -0.2) is 15.2 Å². The summed E-state index contributed by atoms with van der Waals surface area (Å²) in [5.74, 6) is 0.531. The molecule has 0 bridgehead atoms. The van der Waals surface area contributed by atoms with Crippen LogP contribution in [0.4, 0.5) is 5.69 Å². The first kappa shape index (κ1) is 9.97. The van der Waals surface area contributed by atoms with Gasteiger partial charge in [-0.15, -0.1) is 10.2 Å². The average Bonchev–Trinajstić information content (AvgIpc) is 2.56. The number of aryl methyl sites for hydroxylation is 2. The molecule has 0 aliphatic rings. The van der Waals surface area contributed by atoms with Crippen molar-refractivity contribution in [2.24, 2.45) is 0 Å². The van der Waals surface area contributed by atoms with Gasteiger partial charge >= 0.3 is 0 Å². The Bertz CT molecular complexity index is 483. The molecule has 2 aromatic heterocycles. The van der Waals surface area contributed by atoms with E-state index in [-0.39, 0.29) is 0 Å². The molecule has 2 rings (SSSR count). The van der Waals surface area contributed by atoms with Gasteiger partial charge in [0.1, 0.15) is 5.03 Å². The molecule has 0 unspecified atom stereocenters. The zero-order valence-corrected chi connectivity index (χ0v) is 9.21. The molecule has 0 aliphatic carbocycles. The summed E-state index contributed by atoms with van der Waals surface area (Å²) in [5.41, 5.74) is 7.45. The van der Waals surface area contributed by atoms with Gasteiger partial charge in [0.05, 0.1) is 5.69 Å². The summed E-state index contributed by atoms with van der Waals surface area (Å²) in [6, 6.07) is 1.86. The van der Waals surface area contributed by atoms with E-state index in [2.05, 4.69) is 15.2 Å². The van der Waals surface area contributed by atoms with E-state index in [1.165, 1.54) is 11.8 Å². The molecular formula is C9H10N4OS. The van der Waals surface area contributed by atoms with Gasteiger partial charge in [-0.05, 0) is 30.3 Å². The lowest BCUT2D eigenvalue weighted by atomic mass is 10.3. The number of nitrogen functional groups attached to an aromatic ring is 1. The number of rotatable bonds is 2. The highest BCUT2D eigenvalue weighted by atomic mass is 32.2. The second-order valence-electron chi connectivity index (χ2n) is 3.10. The number of aromatic nitrogens is 3. The Labute approximate surface area is 91.1 Å². The summed E-state index contributed by atoms with van der Waals surface area (Å²) >= 11 is 1.27. The Morgan fingerprint density at radius 2 is 2.13 bits per heavy atom. The van der Waals surface area contributed by atoms with Crippen molar-refractivity contribution in [2.45, 2.75) is 24.1 Å². The fourth-order valence-corrected chi connectivity index (χ4v) is 1.76. The Morgan fingerprint density at radius 3 is 2.73 bits per heavy atom. The second kappa shape index (κ2) is 3.90. The van der Waals surface area contributed by atoms with Gasteiger partial charge < -0.3 is 10.2 Å². The first-order chi connectivity index (χ1) is 7.15. The Morgan fingerprint density at radius 1 is 1.33 bits per heavy atom. The molecule has 0 atom stereocenters. The van der Waals surface area contributed by atoms with Crippen LogP contribution >= 0.6 is 11.8 Å². The van der Waals surface area contributed by atoms with Crippen LogP contribution in [0.2, 0.25) is 0 Å². The van der Waals surface area contributed by atoms with Crippen molar-refractivity contribution in [3.05, 3.63) is 23.7 Å². The van der Waals surface area contributed by atoms with E-state index >= 15 is 0 Å². The van der Waals surface area contributed by atoms with Gasteiger partial charge in [-0.1, -0.05) is 0 Å². The van der Waals surface area contributed by atoms with E-state index in [1.807, 2.05) is 13.0 Å². The maximum Gasteiger partial charge on any atom is 0.283 e. The van der Waals surface area contributed by atoms with Crippen LogP contribution in [-0.2, 0) is 0 Å². The second-order valence-corrected chi connectivity index (χ2v) is 4.04. The number of hydrogen-bond acceptors (Lipinski definition) is 6. The van der Waals surface area contributed by atoms with Gasteiger partial charge in [-0.25, -0.2) is 4.98 Å². The van der Waals surface area contributed by atoms with Gasteiger partial charge in [0.2, 0.25) is 5.89 Å². The predicted octanol–water partition coefficient (Wildman–Crippen LogP) is 1.81. The van der Waals surface area contributed by atoms with Gasteiger partial charge in [0.25, 0.3) is 5.22 Å². The van der Waals surface area contributed by atoms with Crippen molar-refractivity contribution in [3.8, 4) is 0 Å². The minimum Gasteiger partial charge on any atom is -0.416 e. The third-order valence-electron chi connectivity index (χ3n) is 1.71. The van der Waals surface area contributed by atoms with Crippen molar-refractivity contribution in [1.82, 2.24) is 15.2 Å². The van der Waals surface area contributed by atoms with E-state index in [1.54, 1.807) is 13.1 Å². The maximum atomic E-state index is 5.80. The third kappa shape index (κ3) is 2.27. The van der Waals surface area contributed by atoms with Crippen LogP contribution in [0.5, 0.6) is 0 Å². The Hall–Kier alpha value is -1.56. The van der Waals surface area contributed by atoms with Gasteiger partial charge in [0, 0.05) is 13.1 Å². The van der Waals surface area contributed by atoms with Crippen molar-refractivity contribution < 1.29 is 4.42 Å². The topological polar surface area (TPSA) is 77.8 Å². The lowest BCUT2D eigenvalue weighted by molar-refractivity contribution is 0.429. The van der Waals surface area contributed by atoms with Gasteiger partial charge in [-0.3, -0.25) is 0 Å². The van der Waals surface area contributed by atoms with Crippen LogP contribution in [0.25, 0.3) is 0 Å². The van der Waals surface area contributed by atoms with Crippen LogP contribution in [0.1, 0.15) is 11.5 Å². The largest absolute Gasteiger partial charge is 0.416 e. The van der Waals surface area contributed by atoms with Crippen LogP contribution < -0.4 is 5.73 Å². The van der Waals surface area contributed by atoms with E-state index in [0.29, 0.717) is 21.8 Å². The molecule has 2 heterocycles. The first-order valence-electron chi connectivity index (χ1n) is 4.35. The van der Waals surface area contributed by atoms with Crippen molar-refractivity contribution in [3.63, 3.8) is 0 Å². The minimum absolute atomic E-state index is 0.454. The lowest BCUT2D eigenvalue weighted by Crippen LogP contribution is -1.92. The van der Waals surface area contributed by atoms with Crippen LogP contribution in [0.3, 0.4) is 0 Å². The average molecular weight is 222 g/mol. The molecule has 0 saturated heterocycles. The molecule has 0 aromatic carbocycles. The molecule has 15 heavy (non-hydrogen) atoms. The number of hydrogen-bond donors (Lipinski definition) is 1. The standard InChI is InChI=1S/C9H10N4OS/c1-5-3-7(10)8(11-4-5)15-9-13-12-6(2)14-9/h3-4H,10H2,1-2H3. The summed E-state index contributed by atoms with van der Waals surface area (Å²) < 4.78 is 5.22. The quantitative estimate of drug-likeness (QED) is 0.835. The van der Waals surface area contributed by atoms with Crippen LogP contribution in [0.15, 0.2) is 26.9 Å². The van der Waals surface area contributed by atoms with Crippen molar-refractivity contribution in [2.75, 3.05) is 5.73 Å². The lowest BCUT2D eigenvalue weighted by Gasteiger charge is -2.01. The fraction of sp³-hybridized carbons (Fsp3) is 0.222. The number of pyridine rings is 1. The number of anilines is 1. The van der Waals surface area contributed by atoms with Gasteiger partial charge in [0.15, 0.2) is 0 Å². The monoisotopic (exact) mass is 222 g/mol. The summed E-state index contributed by atoms with van der Waals surface area (Å²) in [4.78, 5) is 4.19. The number of nitrogens with two attached hydrogens (primary N) is 1. The molecule has 0 amide bonds. The molecular weight excluding hydrogens is 212 g/mol. The predicted molar refractivity (Wildman–Crippen MR) is 56.5 cm³/mol. The summed E-state index contributed by atoms with van der Waals surface area (Å²) in [6.45, 7) is 3.68. The molecule has 0 saturated carbocycles.